The lowest BCUT2D eigenvalue weighted by atomic mass is 10.1. The van der Waals surface area contributed by atoms with Crippen LogP contribution in [-0.4, -0.2) is 59.2 Å². The van der Waals surface area contributed by atoms with Crippen molar-refractivity contribution in [3.63, 3.8) is 0 Å². The van der Waals surface area contributed by atoms with Gasteiger partial charge in [0, 0.05) is 18.7 Å². The lowest BCUT2D eigenvalue weighted by molar-refractivity contribution is -0.00335. The molecule has 0 aliphatic carbocycles. The van der Waals surface area contributed by atoms with Crippen molar-refractivity contribution in [2.24, 2.45) is 5.92 Å². The lowest BCUT2D eigenvalue weighted by Crippen LogP contribution is -2.57. The molecular weight excluding hydrogens is 356 g/mol. The van der Waals surface area contributed by atoms with Crippen LogP contribution in [0.3, 0.4) is 0 Å². The zero-order valence-electron chi connectivity index (χ0n) is 17.6. The highest BCUT2D eigenvalue weighted by Crippen LogP contribution is 2.32. The van der Waals surface area contributed by atoms with Crippen LogP contribution in [0.1, 0.15) is 57.8 Å². The van der Waals surface area contributed by atoms with E-state index < -0.39 is 5.60 Å². The van der Waals surface area contributed by atoms with Crippen molar-refractivity contribution in [2.75, 3.05) is 19.7 Å². The first-order valence-corrected chi connectivity index (χ1v) is 10.2. The Morgan fingerprint density at radius 1 is 1.07 bits per heavy atom. The smallest absolute Gasteiger partial charge is 0.410 e. The van der Waals surface area contributed by atoms with E-state index in [0.717, 1.165) is 18.6 Å². The number of piperazine rings is 1. The molecule has 0 spiro atoms. The summed E-state index contributed by atoms with van der Waals surface area (Å²) in [5.41, 5.74) is 0.144. The molecule has 2 aliphatic rings. The van der Waals surface area contributed by atoms with Crippen molar-refractivity contribution in [1.29, 1.82) is 0 Å². The highest BCUT2D eigenvalue weighted by molar-refractivity contribution is 5.94. The molecular formula is C22H32N2O4. The molecule has 2 atom stereocenters. The first kappa shape index (κ1) is 20.5. The molecule has 2 bridgehead atoms. The third-order valence-electron chi connectivity index (χ3n) is 5.06. The van der Waals surface area contributed by atoms with E-state index in [4.69, 9.17) is 9.47 Å². The summed E-state index contributed by atoms with van der Waals surface area (Å²) >= 11 is 0. The van der Waals surface area contributed by atoms with Gasteiger partial charge in [0.1, 0.15) is 11.4 Å². The number of amides is 2. The van der Waals surface area contributed by atoms with Crippen LogP contribution in [0.2, 0.25) is 0 Å². The van der Waals surface area contributed by atoms with Crippen molar-refractivity contribution in [2.45, 2.75) is 65.1 Å². The number of benzene rings is 1. The molecule has 2 saturated heterocycles. The average Bonchev–Trinajstić information content (AvgIpc) is 2.88. The van der Waals surface area contributed by atoms with Crippen molar-refractivity contribution in [3.05, 3.63) is 29.8 Å². The predicted molar refractivity (Wildman–Crippen MR) is 108 cm³/mol. The minimum atomic E-state index is -0.511. The molecule has 0 aromatic heterocycles. The molecule has 0 saturated carbocycles. The number of carbonyl (C=O) groups excluding carboxylic acids is 2. The zero-order valence-corrected chi connectivity index (χ0v) is 17.6. The molecule has 2 aliphatic heterocycles. The molecule has 2 fully saturated rings. The summed E-state index contributed by atoms with van der Waals surface area (Å²) in [5, 5.41) is 0. The Labute approximate surface area is 167 Å². The molecule has 28 heavy (non-hydrogen) atoms. The van der Waals surface area contributed by atoms with E-state index in [1.54, 1.807) is 0 Å². The quantitative estimate of drug-likeness (QED) is 0.784. The van der Waals surface area contributed by atoms with Gasteiger partial charge in [0.05, 0.1) is 18.7 Å². The molecule has 1 aromatic rings. The molecule has 0 radical (unpaired) electrons. The van der Waals surface area contributed by atoms with Crippen LogP contribution in [0.25, 0.3) is 0 Å². The maximum atomic E-state index is 13.0. The molecule has 1 aromatic carbocycles. The van der Waals surface area contributed by atoms with Crippen LogP contribution in [0.4, 0.5) is 4.79 Å². The Bertz CT molecular complexity index is 694. The third kappa shape index (κ3) is 4.78. The number of carbonyl (C=O) groups is 2. The standard InChI is InChI=1S/C22H32N2O4/c1-15(2)14-27-19-10-6-16(7-11-19)20(25)23-12-17-8-9-18(13-23)24(17)21(26)28-22(3,4)5/h6-7,10-11,15,17-18H,8-9,12-14H2,1-5H3. The van der Waals surface area contributed by atoms with Gasteiger partial charge in [-0.25, -0.2) is 4.79 Å². The average molecular weight is 389 g/mol. The summed E-state index contributed by atoms with van der Waals surface area (Å²) in [6.45, 7) is 11.6. The third-order valence-corrected chi connectivity index (χ3v) is 5.06. The van der Waals surface area contributed by atoms with Crippen LogP contribution in [0.5, 0.6) is 5.75 Å². The van der Waals surface area contributed by atoms with E-state index in [1.165, 1.54) is 0 Å². The fourth-order valence-corrected chi connectivity index (χ4v) is 3.82. The first-order chi connectivity index (χ1) is 13.1. The SMILES string of the molecule is CC(C)COc1ccc(C(=O)N2CC3CCC(C2)N3C(=O)OC(C)(C)C)cc1. The fourth-order valence-electron chi connectivity index (χ4n) is 3.82. The van der Waals surface area contributed by atoms with Crippen molar-refractivity contribution >= 4 is 12.0 Å². The van der Waals surface area contributed by atoms with Crippen molar-refractivity contribution < 1.29 is 19.1 Å². The Morgan fingerprint density at radius 2 is 1.64 bits per heavy atom. The van der Waals surface area contributed by atoms with Gasteiger partial charge in [0.15, 0.2) is 0 Å². The van der Waals surface area contributed by atoms with Gasteiger partial charge in [-0.05, 0) is 63.8 Å². The summed E-state index contributed by atoms with van der Waals surface area (Å²) in [5.74, 6) is 1.24. The molecule has 154 valence electrons. The van der Waals surface area contributed by atoms with Gasteiger partial charge >= 0.3 is 6.09 Å². The second-order valence-corrected chi connectivity index (χ2v) is 9.21. The monoisotopic (exact) mass is 388 g/mol. The molecule has 2 heterocycles. The molecule has 6 heteroatoms. The number of hydrogen-bond donors (Lipinski definition) is 0. The Kier molecular flexibility index (Phi) is 5.87. The number of likely N-dealkylation sites (tertiary alicyclic amines) is 1. The number of nitrogens with zero attached hydrogens (tertiary/aromatic N) is 2. The maximum absolute atomic E-state index is 13.0. The topological polar surface area (TPSA) is 59.1 Å². The van der Waals surface area contributed by atoms with E-state index in [-0.39, 0.29) is 24.1 Å². The van der Waals surface area contributed by atoms with Crippen LogP contribution in [0.15, 0.2) is 24.3 Å². The normalized spacial score (nSPS) is 21.8. The van der Waals surface area contributed by atoms with Gasteiger partial charge in [-0.15, -0.1) is 0 Å². The van der Waals surface area contributed by atoms with E-state index in [1.807, 2.05) is 54.8 Å². The summed E-state index contributed by atoms with van der Waals surface area (Å²) < 4.78 is 11.2. The minimum absolute atomic E-state index is 0.0103. The minimum Gasteiger partial charge on any atom is -0.493 e. The second-order valence-electron chi connectivity index (χ2n) is 9.21. The highest BCUT2D eigenvalue weighted by Gasteiger charge is 2.45. The zero-order chi connectivity index (χ0) is 20.5. The predicted octanol–water partition coefficient (Wildman–Crippen LogP) is 3.95. The number of rotatable bonds is 4. The summed E-state index contributed by atoms with van der Waals surface area (Å²) in [4.78, 5) is 29.2. The molecule has 2 amide bonds. The number of fused-ring (bicyclic) bond motifs is 2. The summed E-state index contributed by atoms with van der Waals surface area (Å²) in [7, 11) is 0. The molecule has 0 N–H and O–H groups in total. The van der Waals surface area contributed by atoms with Gasteiger partial charge in [0.2, 0.25) is 0 Å². The van der Waals surface area contributed by atoms with Crippen LogP contribution >= 0.6 is 0 Å². The van der Waals surface area contributed by atoms with E-state index in [0.29, 0.717) is 31.2 Å². The molecule has 2 unspecified atom stereocenters. The number of ether oxygens (including phenoxy) is 2. The Hall–Kier alpha value is -2.24. The fraction of sp³-hybridized carbons (Fsp3) is 0.636. The highest BCUT2D eigenvalue weighted by atomic mass is 16.6. The maximum Gasteiger partial charge on any atom is 0.410 e. The van der Waals surface area contributed by atoms with Crippen molar-refractivity contribution in [1.82, 2.24) is 9.80 Å². The summed E-state index contributed by atoms with van der Waals surface area (Å²) in [6, 6.07) is 7.40. The summed E-state index contributed by atoms with van der Waals surface area (Å²) in [6.07, 6.45) is 1.56. The Morgan fingerprint density at radius 3 is 2.14 bits per heavy atom. The van der Waals surface area contributed by atoms with Gasteiger partial charge in [-0.1, -0.05) is 13.8 Å². The van der Waals surface area contributed by atoms with Crippen LogP contribution in [-0.2, 0) is 4.74 Å². The van der Waals surface area contributed by atoms with Crippen LogP contribution in [0, 0.1) is 5.92 Å². The largest absolute Gasteiger partial charge is 0.493 e. The second kappa shape index (κ2) is 8.02. The van der Waals surface area contributed by atoms with Gasteiger partial charge < -0.3 is 14.4 Å². The van der Waals surface area contributed by atoms with Crippen LogP contribution < -0.4 is 4.74 Å². The van der Waals surface area contributed by atoms with Gasteiger partial charge in [-0.2, -0.15) is 0 Å². The van der Waals surface area contributed by atoms with E-state index >= 15 is 0 Å². The molecule has 3 rings (SSSR count). The van der Waals surface area contributed by atoms with E-state index in [2.05, 4.69) is 13.8 Å². The van der Waals surface area contributed by atoms with Gasteiger partial charge in [-0.3, -0.25) is 9.69 Å². The Balaban J connectivity index is 1.62. The lowest BCUT2D eigenvalue weighted by Gasteiger charge is -2.41. The van der Waals surface area contributed by atoms with Crippen molar-refractivity contribution in [3.8, 4) is 5.75 Å². The molecule has 6 nitrogen and oxygen atoms in total. The number of hydrogen-bond acceptors (Lipinski definition) is 4. The first-order valence-electron chi connectivity index (χ1n) is 10.2. The van der Waals surface area contributed by atoms with E-state index in [9.17, 15) is 9.59 Å². The van der Waals surface area contributed by atoms with Gasteiger partial charge in [0.25, 0.3) is 5.91 Å².